The zero-order valence-corrected chi connectivity index (χ0v) is 20.2. The summed E-state index contributed by atoms with van der Waals surface area (Å²) in [6.07, 6.45) is 7.36. The quantitative estimate of drug-likeness (QED) is 0.729. The molecule has 1 aliphatic carbocycles. The van der Waals surface area contributed by atoms with Crippen molar-refractivity contribution in [1.29, 1.82) is 0 Å². The van der Waals surface area contributed by atoms with E-state index in [0.29, 0.717) is 13.1 Å². The van der Waals surface area contributed by atoms with E-state index in [1.54, 1.807) is 29.2 Å². The number of hydrogen-bond donors (Lipinski definition) is 1. The Bertz CT molecular complexity index is 1240. The molecule has 7 nitrogen and oxygen atoms in total. The van der Waals surface area contributed by atoms with Crippen LogP contribution in [0.5, 0.6) is 0 Å². The highest BCUT2D eigenvalue weighted by Crippen LogP contribution is 2.37. The van der Waals surface area contributed by atoms with Gasteiger partial charge in [-0.1, -0.05) is 24.3 Å². The molecule has 0 bridgehead atoms. The normalized spacial score (nSPS) is 16.2. The maximum Gasteiger partial charge on any atom is 0.410 e. The molecule has 0 unspecified atom stereocenters. The number of carbonyl (C=O) groups is 1. The Hall–Kier alpha value is -2.97. The van der Waals surface area contributed by atoms with Gasteiger partial charge in [-0.25, -0.2) is 17.9 Å². The van der Waals surface area contributed by atoms with Gasteiger partial charge in [0.2, 0.25) is 10.0 Å². The van der Waals surface area contributed by atoms with Gasteiger partial charge in [0.25, 0.3) is 0 Å². The minimum absolute atomic E-state index is 0.227. The van der Waals surface area contributed by atoms with Crippen molar-refractivity contribution in [2.24, 2.45) is 0 Å². The average Bonchev–Trinajstić information content (AvgIpc) is 3.21. The van der Waals surface area contributed by atoms with E-state index in [0.717, 1.165) is 40.8 Å². The van der Waals surface area contributed by atoms with Crippen molar-refractivity contribution in [3.8, 4) is 11.1 Å². The van der Waals surface area contributed by atoms with Crippen LogP contribution in [0, 0.1) is 0 Å². The van der Waals surface area contributed by atoms with Gasteiger partial charge >= 0.3 is 6.09 Å². The number of hydrogen-bond acceptors (Lipinski definition) is 5. The Labute approximate surface area is 195 Å². The maximum atomic E-state index is 12.4. The lowest BCUT2D eigenvalue weighted by molar-refractivity contribution is 0.0267. The van der Waals surface area contributed by atoms with E-state index < -0.39 is 15.6 Å². The third-order valence-electron chi connectivity index (χ3n) is 5.73. The number of fused-ring (bicyclic) bond motifs is 1. The fourth-order valence-corrected chi connectivity index (χ4v) is 4.74. The van der Waals surface area contributed by atoms with Crippen LogP contribution in [-0.4, -0.2) is 50.1 Å². The van der Waals surface area contributed by atoms with Crippen LogP contribution >= 0.6 is 0 Å². The number of allylic oxidation sites excluding steroid dienone is 2. The molecule has 8 heteroatoms. The number of sulfonamides is 1. The van der Waals surface area contributed by atoms with Crippen molar-refractivity contribution in [3.63, 3.8) is 0 Å². The van der Waals surface area contributed by atoms with Gasteiger partial charge in [-0.2, -0.15) is 0 Å². The third-order valence-corrected chi connectivity index (χ3v) is 7.16. The number of ether oxygens (including phenoxy) is 1. The van der Waals surface area contributed by atoms with Crippen molar-refractivity contribution in [3.05, 3.63) is 65.5 Å². The van der Waals surface area contributed by atoms with Crippen LogP contribution in [0.3, 0.4) is 0 Å². The summed E-state index contributed by atoms with van der Waals surface area (Å²) >= 11 is 0. The van der Waals surface area contributed by atoms with E-state index in [4.69, 9.17) is 4.74 Å². The summed E-state index contributed by atoms with van der Waals surface area (Å²) in [7, 11) is -2.07. The molecule has 0 radical (unpaired) electrons. The van der Waals surface area contributed by atoms with Gasteiger partial charge in [-0.05, 0) is 69.1 Å². The second-order valence-electron chi connectivity index (χ2n) is 9.18. The number of pyridine rings is 1. The standard InChI is InChI=1S/C25H29N3O4S/c1-25(2,3)32-24(29)28-13-11-18(12-14-28)21-9-10-23-22(21)15-19(16-27-23)17-5-7-20(8-6-17)33(30,31)26-4/h5-9,11,15-16,26H,10,12-14H2,1-4H3. The van der Waals surface area contributed by atoms with Crippen LogP contribution < -0.4 is 4.72 Å². The molecule has 174 valence electrons. The fourth-order valence-electron chi connectivity index (χ4n) is 4.01. The summed E-state index contributed by atoms with van der Waals surface area (Å²) in [5.74, 6) is 0. The highest BCUT2D eigenvalue weighted by Gasteiger charge is 2.26. The first kappa shape index (κ1) is 23.2. The summed E-state index contributed by atoms with van der Waals surface area (Å²) in [5.41, 5.74) is 5.82. The largest absolute Gasteiger partial charge is 0.444 e. The summed E-state index contributed by atoms with van der Waals surface area (Å²) in [6, 6.07) is 8.90. The first-order valence-electron chi connectivity index (χ1n) is 11.0. The third kappa shape index (κ3) is 5.02. The molecule has 2 heterocycles. The average molecular weight is 468 g/mol. The number of amides is 1. The molecule has 33 heavy (non-hydrogen) atoms. The van der Waals surface area contributed by atoms with E-state index in [1.807, 2.05) is 27.0 Å². The summed E-state index contributed by atoms with van der Waals surface area (Å²) < 4.78 is 31.8. The Morgan fingerprint density at radius 1 is 1.12 bits per heavy atom. The summed E-state index contributed by atoms with van der Waals surface area (Å²) in [4.78, 5) is 19.0. The predicted octanol–water partition coefficient (Wildman–Crippen LogP) is 4.16. The van der Waals surface area contributed by atoms with Crippen LogP contribution in [0.15, 0.2) is 59.1 Å². The van der Waals surface area contributed by atoms with E-state index in [-0.39, 0.29) is 11.0 Å². The molecule has 1 amide bonds. The molecule has 0 saturated heterocycles. The number of nitrogens with zero attached hydrogens (tertiary/aromatic N) is 2. The van der Waals surface area contributed by atoms with E-state index in [1.165, 1.54) is 12.6 Å². The van der Waals surface area contributed by atoms with Crippen molar-refractivity contribution in [2.45, 2.75) is 44.1 Å². The monoisotopic (exact) mass is 467 g/mol. The molecule has 0 saturated carbocycles. The van der Waals surface area contributed by atoms with Crippen molar-refractivity contribution in [1.82, 2.24) is 14.6 Å². The van der Waals surface area contributed by atoms with Crippen LogP contribution in [0.1, 0.15) is 38.4 Å². The maximum absolute atomic E-state index is 12.4. The number of nitrogens with one attached hydrogen (secondary N) is 1. The van der Waals surface area contributed by atoms with Gasteiger partial charge in [0.05, 0.1) is 10.6 Å². The van der Waals surface area contributed by atoms with Crippen molar-refractivity contribution >= 4 is 21.7 Å². The second kappa shape index (κ2) is 8.76. The topological polar surface area (TPSA) is 88.6 Å². The van der Waals surface area contributed by atoms with Gasteiger partial charge in [-0.15, -0.1) is 0 Å². The molecule has 1 aromatic heterocycles. The molecule has 1 N–H and O–H groups in total. The minimum atomic E-state index is -3.47. The molecular formula is C25H29N3O4S. The molecule has 1 aliphatic heterocycles. The van der Waals surface area contributed by atoms with Gasteiger partial charge in [-0.3, -0.25) is 4.98 Å². The Morgan fingerprint density at radius 2 is 1.85 bits per heavy atom. The lowest BCUT2D eigenvalue weighted by atomic mass is 9.94. The van der Waals surface area contributed by atoms with E-state index >= 15 is 0 Å². The molecule has 2 aromatic rings. The summed E-state index contributed by atoms with van der Waals surface area (Å²) in [6.45, 7) is 6.74. The molecular weight excluding hydrogens is 438 g/mol. The first-order valence-corrected chi connectivity index (χ1v) is 12.5. The second-order valence-corrected chi connectivity index (χ2v) is 11.1. The molecule has 0 fully saturated rings. The molecule has 0 atom stereocenters. The Kier molecular flexibility index (Phi) is 6.16. The Morgan fingerprint density at radius 3 is 2.45 bits per heavy atom. The lowest BCUT2D eigenvalue weighted by Gasteiger charge is -2.30. The predicted molar refractivity (Wildman–Crippen MR) is 128 cm³/mol. The number of rotatable bonds is 4. The minimum Gasteiger partial charge on any atom is -0.444 e. The van der Waals surface area contributed by atoms with Crippen LogP contribution in [0.25, 0.3) is 16.7 Å². The van der Waals surface area contributed by atoms with Crippen LogP contribution in [-0.2, 0) is 21.2 Å². The SMILES string of the molecule is CNS(=O)(=O)c1ccc(-c2cnc3c(c2)C(C2=CCN(C(=O)OC(C)(C)C)CC2)=CC3)cc1. The first-order chi connectivity index (χ1) is 15.6. The van der Waals surface area contributed by atoms with Crippen molar-refractivity contribution < 1.29 is 17.9 Å². The molecule has 2 aliphatic rings. The van der Waals surface area contributed by atoms with E-state index in [2.05, 4.69) is 27.9 Å². The number of aromatic nitrogens is 1. The highest BCUT2D eigenvalue weighted by molar-refractivity contribution is 7.89. The smallest absolute Gasteiger partial charge is 0.410 e. The van der Waals surface area contributed by atoms with Crippen molar-refractivity contribution in [2.75, 3.05) is 20.1 Å². The van der Waals surface area contributed by atoms with Crippen LogP contribution in [0.2, 0.25) is 0 Å². The lowest BCUT2D eigenvalue weighted by Crippen LogP contribution is -2.39. The molecule has 4 rings (SSSR count). The van der Waals surface area contributed by atoms with Gasteiger partial charge < -0.3 is 9.64 Å². The molecule has 1 aromatic carbocycles. The fraction of sp³-hybridized carbons (Fsp3) is 0.360. The van der Waals surface area contributed by atoms with Gasteiger partial charge in [0.15, 0.2) is 0 Å². The zero-order chi connectivity index (χ0) is 23.8. The highest BCUT2D eigenvalue weighted by atomic mass is 32.2. The van der Waals surface area contributed by atoms with Gasteiger partial charge in [0.1, 0.15) is 5.60 Å². The number of benzene rings is 1. The Balaban J connectivity index is 1.53. The zero-order valence-electron chi connectivity index (χ0n) is 19.4. The summed E-state index contributed by atoms with van der Waals surface area (Å²) in [5, 5.41) is 0. The number of carbonyl (C=O) groups excluding carboxylic acids is 1. The molecule has 0 spiro atoms. The van der Waals surface area contributed by atoms with E-state index in [9.17, 15) is 13.2 Å². The van der Waals surface area contributed by atoms with Gasteiger partial charge in [0, 0.05) is 36.8 Å². The van der Waals surface area contributed by atoms with Crippen LogP contribution in [0.4, 0.5) is 4.79 Å².